The molecule has 1 rings (SSSR count). The number of alkyl halides is 1. The second-order valence-corrected chi connectivity index (χ2v) is 5.23. The molecule has 0 aliphatic carbocycles. The van der Waals surface area contributed by atoms with E-state index in [1.807, 2.05) is 13.8 Å². The quantitative estimate of drug-likeness (QED) is 0.708. The zero-order valence-electron chi connectivity index (χ0n) is 10.9. The Morgan fingerprint density at radius 2 is 2.11 bits per heavy atom. The molecule has 0 aliphatic heterocycles. The van der Waals surface area contributed by atoms with E-state index in [9.17, 15) is 9.90 Å². The number of rotatable bonds is 6. The minimum absolute atomic E-state index is 0.0673. The Labute approximate surface area is 123 Å². The molecule has 0 saturated heterocycles. The molecular formula is C13H18Cl2N2O2. The second kappa shape index (κ2) is 7.58. The Balaban J connectivity index is 2.79. The fourth-order valence-electron chi connectivity index (χ4n) is 1.43. The number of benzene rings is 1. The van der Waals surface area contributed by atoms with E-state index in [-0.39, 0.29) is 24.4 Å². The number of amides is 1. The van der Waals surface area contributed by atoms with Gasteiger partial charge in [0.25, 0.3) is 5.91 Å². The average Bonchev–Trinajstić information content (AvgIpc) is 2.36. The molecule has 0 heterocycles. The molecule has 19 heavy (non-hydrogen) atoms. The lowest BCUT2D eigenvalue weighted by Crippen LogP contribution is -2.30. The van der Waals surface area contributed by atoms with Gasteiger partial charge in [0.1, 0.15) is 0 Å². The standard InChI is InChI=1S/C13H18Cl2N2O2/c1-8(2)17-13(19)9-3-4-11(15)12(5-9)16-7-10(18)6-14/h3-5,8,10,16,18H,6-7H2,1-2H3,(H,17,19). The van der Waals surface area contributed by atoms with Gasteiger partial charge in [-0.1, -0.05) is 11.6 Å². The summed E-state index contributed by atoms with van der Waals surface area (Å²) in [5.41, 5.74) is 1.11. The monoisotopic (exact) mass is 304 g/mol. The summed E-state index contributed by atoms with van der Waals surface area (Å²) in [6, 6.07) is 5.02. The molecule has 1 amide bonds. The highest BCUT2D eigenvalue weighted by atomic mass is 35.5. The molecule has 0 aliphatic rings. The van der Waals surface area contributed by atoms with Crippen LogP contribution in [-0.4, -0.2) is 35.6 Å². The third-order valence-corrected chi connectivity index (χ3v) is 3.04. The van der Waals surface area contributed by atoms with Crippen molar-refractivity contribution < 1.29 is 9.90 Å². The summed E-state index contributed by atoms with van der Waals surface area (Å²) in [5, 5.41) is 15.6. The first-order valence-corrected chi connectivity index (χ1v) is 6.93. The number of hydrogen-bond acceptors (Lipinski definition) is 3. The lowest BCUT2D eigenvalue weighted by atomic mass is 10.1. The lowest BCUT2D eigenvalue weighted by Gasteiger charge is -2.13. The second-order valence-electron chi connectivity index (χ2n) is 4.51. The van der Waals surface area contributed by atoms with Gasteiger partial charge in [-0.3, -0.25) is 4.79 Å². The van der Waals surface area contributed by atoms with E-state index in [1.165, 1.54) is 0 Å². The van der Waals surface area contributed by atoms with Gasteiger partial charge in [-0.25, -0.2) is 0 Å². The zero-order chi connectivity index (χ0) is 14.4. The third kappa shape index (κ3) is 5.27. The molecule has 3 N–H and O–H groups in total. The Hall–Kier alpha value is -0.970. The van der Waals surface area contributed by atoms with Gasteiger partial charge in [0.15, 0.2) is 0 Å². The molecule has 0 fully saturated rings. The van der Waals surface area contributed by atoms with Crippen molar-refractivity contribution in [2.24, 2.45) is 0 Å². The molecule has 1 atom stereocenters. The van der Waals surface area contributed by atoms with Gasteiger partial charge in [0.2, 0.25) is 0 Å². The molecule has 6 heteroatoms. The van der Waals surface area contributed by atoms with Crippen LogP contribution in [0.15, 0.2) is 18.2 Å². The predicted molar refractivity (Wildman–Crippen MR) is 79.3 cm³/mol. The zero-order valence-corrected chi connectivity index (χ0v) is 12.4. The topological polar surface area (TPSA) is 61.4 Å². The van der Waals surface area contributed by atoms with Crippen LogP contribution in [0.25, 0.3) is 0 Å². The first kappa shape index (κ1) is 16.1. The molecule has 4 nitrogen and oxygen atoms in total. The highest BCUT2D eigenvalue weighted by Gasteiger charge is 2.10. The SMILES string of the molecule is CC(C)NC(=O)c1ccc(Cl)c(NCC(O)CCl)c1. The van der Waals surface area contributed by atoms with Crippen molar-refractivity contribution in [2.45, 2.75) is 26.0 Å². The highest BCUT2D eigenvalue weighted by molar-refractivity contribution is 6.33. The maximum Gasteiger partial charge on any atom is 0.251 e. The van der Waals surface area contributed by atoms with Crippen LogP contribution in [0.1, 0.15) is 24.2 Å². The molecule has 0 radical (unpaired) electrons. The van der Waals surface area contributed by atoms with Crippen LogP contribution in [0.3, 0.4) is 0 Å². The van der Waals surface area contributed by atoms with E-state index < -0.39 is 6.10 Å². The van der Waals surface area contributed by atoms with Crippen LogP contribution in [-0.2, 0) is 0 Å². The summed E-state index contributed by atoms with van der Waals surface area (Å²) in [6.45, 7) is 4.06. The van der Waals surface area contributed by atoms with Crippen LogP contribution in [0.5, 0.6) is 0 Å². The molecule has 106 valence electrons. The summed E-state index contributed by atoms with van der Waals surface area (Å²) in [6.07, 6.45) is -0.661. The molecular weight excluding hydrogens is 287 g/mol. The van der Waals surface area contributed by atoms with Gasteiger partial charge in [-0.15, -0.1) is 11.6 Å². The largest absolute Gasteiger partial charge is 0.390 e. The number of carbonyl (C=O) groups is 1. The number of hydrogen-bond donors (Lipinski definition) is 3. The number of carbonyl (C=O) groups excluding carboxylic acids is 1. The summed E-state index contributed by atoms with van der Waals surface area (Å²) in [4.78, 5) is 11.9. The van der Waals surface area contributed by atoms with Crippen molar-refractivity contribution in [3.05, 3.63) is 28.8 Å². The van der Waals surface area contributed by atoms with Gasteiger partial charge in [-0.2, -0.15) is 0 Å². The van der Waals surface area contributed by atoms with Gasteiger partial charge in [0, 0.05) is 18.2 Å². The van der Waals surface area contributed by atoms with Crippen LogP contribution in [0, 0.1) is 0 Å². The summed E-state index contributed by atoms with van der Waals surface area (Å²) >= 11 is 11.5. The lowest BCUT2D eigenvalue weighted by molar-refractivity contribution is 0.0943. The van der Waals surface area contributed by atoms with Gasteiger partial charge in [0.05, 0.1) is 22.7 Å². The highest BCUT2D eigenvalue weighted by Crippen LogP contribution is 2.23. The molecule has 0 saturated carbocycles. The van der Waals surface area contributed by atoms with E-state index in [0.717, 1.165) is 0 Å². The van der Waals surface area contributed by atoms with E-state index in [0.29, 0.717) is 16.3 Å². The molecule has 0 bridgehead atoms. The number of anilines is 1. The van der Waals surface area contributed by atoms with Crippen LogP contribution in [0.4, 0.5) is 5.69 Å². The van der Waals surface area contributed by atoms with E-state index in [1.54, 1.807) is 18.2 Å². The first-order valence-electron chi connectivity index (χ1n) is 6.02. The molecule has 0 aromatic heterocycles. The van der Waals surface area contributed by atoms with Crippen LogP contribution < -0.4 is 10.6 Å². The van der Waals surface area contributed by atoms with Crippen molar-refractivity contribution in [1.82, 2.24) is 5.32 Å². The predicted octanol–water partition coefficient (Wildman–Crippen LogP) is 2.49. The summed E-state index contributed by atoms with van der Waals surface area (Å²) in [7, 11) is 0. The van der Waals surface area contributed by atoms with Crippen LogP contribution >= 0.6 is 23.2 Å². The molecule has 1 unspecified atom stereocenters. The van der Waals surface area contributed by atoms with E-state index in [4.69, 9.17) is 23.2 Å². The Morgan fingerprint density at radius 1 is 1.42 bits per heavy atom. The fourth-order valence-corrected chi connectivity index (χ4v) is 1.72. The molecule has 0 spiro atoms. The summed E-state index contributed by atoms with van der Waals surface area (Å²) in [5.74, 6) is -0.0226. The maximum atomic E-state index is 11.9. The van der Waals surface area contributed by atoms with E-state index >= 15 is 0 Å². The molecule has 1 aromatic rings. The first-order chi connectivity index (χ1) is 8.93. The Morgan fingerprint density at radius 3 is 2.68 bits per heavy atom. The summed E-state index contributed by atoms with van der Waals surface area (Å²) < 4.78 is 0. The number of aliphatic hydroxyl groups excluding tert-OH is 1. The normalized spacial score (nSPS) is 12.3. The van der Waals surface area contributed by atoms with E-state index in [2.05, 4.69) is 10.6 Å². The molecule has 1 aromatic carbocycles. The van der Waals surface area contributed by atoms with Gasteiger partial charge < -0.3 is 15.7 Å². The van der Waals surface area contributed by atoms with Crippen molar-refractivity contribution in [1.29, 1.82) is 0 Å². The third-order valence-electron chi connectivity index (χ3n) is 2.35. The minimum atomic E-state index is -0.661. The van der Waals surface area contributed by atoms with Gasteiger partial charge in [-0.05, 0) is 32.0 Å². The number of nitrogens with one attached hydrogen (secondary N) is 2. The Bertz CT molecular complexity index is 439. The maximum absolute atomic E-state index is 11.9. The van der Waals surface area contributed by atoms with Gasteiger partial charge >= 0.3 is 0 Å². The fraction of sp³-hybridized carbons (Fsp3) is 0.462. The smallest absolute Gasteiger partial charge is 0.251 e. The minimum Gasteiger partial charge on any atom is -0.390 e. The Kier molecular flexibility index (Phi) is 6.42. The van der Waals surface area contributed by atoms with Crippen molar-refractivity contribution >= 4 is 34.8 Å². The number of aliphatic hydroxyl groups is 1. The average molecular weight is 305 g/mol. The van der Waals surface area contributed by atoms with Crippen molar-refractivity contribution in [3.63, 3.8) is 0 Å². The van der Waals surface area contributed by atoms with Crippen LogP contribution in [0.2, 0.25) is 5.02 Å². The van der Waals surface area contributed by atoms with Crippen molar-refractivity contribution in [3.8, 4) is 0 Å². The van der Waals surface area contributed by atoms with Crippen molar-refractivity contribution in [2.75, 3.05) is 17.7 Å². The number of halogens is 2.